The number of hydrogen-bond acceptors (Lipinski definition) is 4. The minimum Gasteiger partial charge on any atom is -0.377 e. The van der Waals surface area contributed by atoms with E-state index in [0.717, 1.165) is 31.6 Å². The molecule has 0 aliphatic carbocycles. The molecule has 0 saturated carbocycles. The summed E-state index contributed by atoms with van der Waals surface area (Å²) in [6.45, 7) is 5.71. The maximum Gasteiger partial charge on any atom is 0.0777 e. The Morgan fingerprint density at radius 3 is 3.16 bits per heavy atom. The molecule has 4 heteroatoms. The van der Waals surface area contributed by atoms with E-state index in [1.54, 1.807) is 11.3 Å². The van der Waals surface area contributed by atoms with Crippen molar-refractivity contribution in [3.05, 3.63) is 21.9 Å². The lowest BCUT2D eigenvalue weighted by molar-refractivity contribution is -0.0525. The number of nitrogens with zero attached hydrogens (tertiary/aromatic N) is 1. The van der Waals surface area contributed by atoms with Crippen LogP contribution >= 0.6 is 11.3 Å². The van der Waals surface area contributed by atoms with E-state index in [0.29, 0.717) is 6.54 Å². The summed E-state index contributed by atoms with van der Waals surface area (Å²) >= 11 is 1.78. The molecule has 19 heavy (non-hydrogen) atoms. The number of rotatable bonds is 3. The van der Waals surface area contributed by atoms with E-state index in [2.05, 4.69) is 35.1 Å². The molecule has 0 bridgehead atoms. The molecule has 0 spiro atoms. The molecule has 0 aromatic carbocycles. The summed E-state index contributed by atoms with van der Waals surface area (Å²) in [6, 6.07) is 2.09. The minimum absolute atomic E-state index is 0.00138. The molecule has 0 radical (unpaired) electrons. The largest absolute Gasteiger partial charge is 0.377 e. The first-order chi connectivity index (χ1) is 9.17. The second kappa shape index (κ2) is 6.53. The van der Waals surface area contributed by atoms with Crippen molar-refractivity contribution in [1.29, 1.82) is 0 Å². The van der Waals surface area contributed by atoms with Crippen LogP contribution in [0.2, 0.25) is 0 Å². The van der Waals surface area contributed by atoms with Crippen LogP contribution in [0.3, 0.4) is 0 Å². The van der Waals surface area contributed by atoms with E-state index in [9.17, 15) is 0 Å². The highest BCUT2D eigenvalue weighted by Crippen LogP contribution is 2.26. The summed E-state index contributed by atoms with van der Waals surface area (Å²) in [6.07, 6.45) is 2.34. The highest BCUT2D eigenvalue weighted by Gasteiger charge is 2.30. The third-order valence-electron chi connectivity index (χ3n) is 3.67. The van der Waals surface area contributed by atoms with Gasteiger partial charge >= 0.3 is 0 Å². The number of likely N-dealkylation sites (tertiary alicyclic amines) is 1. The van der Waals surface area contributed by atoms with Gasteiger partial charge in [-0.15, -0.1) is 11.3 Å². The van der Waals surface area contributed by atoms with Crippen molar-refractivity contribution in [2.45, 2.75) is 31.9 Å². The summed E-state index contributed by atoms with van der Waals surface area (Å²) in [4.78, 5) is 3.80. The Morgan fingerprint density at radius 1 is 1.58 bits per heavy atom. The van der Waals surface area contributed by atoms with Crippen LogP contribution in [-0.4, -0.2) is 37.2 Å². The van der Waals surface area contributed by atoms with Crippen LogP contribution in [0.1, 0.15) is 30.2 Å². The lowest BCUT2D eigenvalue weighted by atomic mass is 9.94. The Labute approximate surface area is 119 Å². The van der Waals surface area contributed by atoms with E-state index in [-0.39, 0.29) is 5.60 Å². The lowest BCUT2D eigenvalue weighted by Crippen LogP contribution is -2.46. The van der Waals surface area contributed by atoms with Crippen molar-refractivity contribution in [1.82, 2.24) is 4.90 Å². The number of methoxy groups -OCH3 is 1. The predicted octanol–water partition coefficient (Wildman–Crippen LogP) is 2.06. The molecule has 1 aromatic heterocycles. The van der Waals surface area contributed by atoms with E-state index in [4.69, 9.17) is 10.5 Å². The normalized spacial score (nSPS) is 23.9. The van der Waals surface area contributed by atoms with Crippen molar-refractivity contribution in [3.8, 4) is 11.8 Å². The first kappa shape index (κ1) is 14.5. The molecule has 1 unspecified atom stereocenters. The van der Waals surface area contributed by atoms with Crippen LogP contribution in [0.25, 0.3) is 0 Å². The SMILES string of the molecule is COC1(C)CCCN(Cc2sccc2C#CCN)C1. The molecular formula is C15H22N2OS. The quantitative estimate of drug-likeness (QED) is 0.860. The van der Waals surface area contributed by atoms with Gasteiger partial charge in [-0.3, -0.25) is 4.90 Å². The van der Waals surface area contributed by atoms with E-state index in [1.165, 1.54) is 11.3 Å². The van der Waals surface area contributed by atoms with Gasteiger partial charge in [0.25, 0.3) is 0 Å². The average molecular weight is 278 g/mol. The van der Waals surface area contributed by atoms with Crippen molar-refractivity contribution in [3.63, 3.8) is 0 Å². The van der Waals surface area contributed by atoms with Gasteiger partial charge in [0, 0.05) is 30.6 Å². The molecule has 2 N–H and O–H groups in total. The maximum absolute atomic E-state index is 5.64. The van der Waals surface area contributed by atoms with Gasteiger partial charge in [0.1, 0.15) is 0 Å². The summed E-state index contributed by atoms with van der Waals surface area (Å²) in [7, 11) is 1.81. The van der Waals surface area contributed by atoms with Gasteiger partial charge in [-0.1, -0.05) is 11.8 Å². The fourth-order valence-corrected chi connectivity index (χ4v) is 3.40. The fraction of sp³-hybridized carbons (Fsp3) is 0.600. The number of ether oxygens (including phenoxy) is 1. The molecule has 104 valence electrons. The molecule has 1 aromatic rings. The molecule has 3 nitrogen and oxygen atoms in total. The van der Waals surface area contributed by atoms with E-state index < -0.39 is 0 Å². The first-order valence-corrected chi connectivity index (χ1v) is 7.58. The average Bonchev–Trinajstić information content (AvgIpc) is 2.84. The Hall–Kier alpha value is -0.860. The summed E-state index contributed by atoms with van der Waals surface area (Å²) < 4.78 is 5.64. The highest BCUT2D eigenvalue weighted by atomic mass is 32.1. The standard InChI is InChI=1S/C15H22N2OS/c1-15(18-2)7-4-9-17(12-15)11-14-13(5-3-8-16)6-10-19-14/h6,10H,4,7-9,11-12,16H2,1-2H3. The second-order valence-electron chi connectivity index (χ2n) is 5.23. The van der Waals surface area contributed by atoms with Crippen molar-refractivity contribution in [2.24, 2.45) is 5.73 Å². The zero-order valence-electron chi connectivity index (χ0n) is 11.7. The molecule has 1 aliphatic rings. The van der Waals surface area contributed by atoms with Crippen LogP contribution in [0.5, 0.6) is 0 Å². The minimum atomic E-state index is -0.00138. The zero-order valence-corrected chi connectivity index (χ0v) is 12.6. The van der Waals surface area contributed by atoms with Gasteiger partial charge in [0.15, 0.2) is 0 Å². The van der Waals surface area contributed by atoms with Gasteiger partial charge in [0.05, 0.1) is 12.1 Å². The Kier molecular flexibility index (Phi) is 5.00. The maximum atomic E-state index is 5.64. The Bertz CT molecular complexity index is 474. The summed E-state index contributed by atoms with van der Waals surface area (Å²) in [5.41, 5.74) is 6.56. The van der Waals surface area contributed by atoms with Crippen LogP contribution in [0, 0.1) is 11.8 Å². The summed E-state index contributed by atoms with van der Waals surface area (Å²) in [5.74, 6) is 6.09. The molecule has 2 heterocycles. The Balaban J connectivity index is 2.03. The number of hydrogen-bond donors (Lipinski definition) is 1. The smallest absolute Gasteiger partial charge is 0.0777 e. The predicted molar refractivity (Wildman–Crippen MR) is 80.2 cm³/mol. The Morgan fingerprint density at radius 2 is 2.42 bits per heavy atom. The van der Waals surface area contributed by atoms with Crippen LogP contribution in [0.15, 0.2) is 11.4 Å². The van der Waals surface area contributed by atoms with Crippen LogP contribution in [-0.2, 0) is 11.3 Å². The van der Waals surface area contributed by atoms with Crippen LogP contribution < -0.4 is 5.73 Å². The number of piperidine rings is 1. The van der Waals surface area contributed by atoms with Gasteiger partial charge in [-0.2, -0.15) is 0 Å². The van der Waals surface area contributed by atoms with Crippen LogP contribution in [0.4, 0.5) is 0 Å². The van der Waals surface area contributed by atoms with Crippen molar-refractivity contribution in [2.75, 3.05) is 26.7 Å². The van der Waals surface area contributed by atoms with Crippen molar-refractivity contribution < 1.29 is 4.74 Å². The fourth-order valence-electron chi connectivity index (χ4n) is 2.53. The third kappa shape index (κ3) is 3.80. The second-order valence-corrected chi connectivity index (χ2v) is 6.23. The molecule has 0 amide bonds. The van der Waals surface area contributed by atoms with Gasteiger partial charge in [0.2, 0.25) is 0 Å². The van der Waals surface area contributed by atoms with E-state index in [1.807, 2.05) is 7.11 Å². The molecule has 1 aliphatic heterocycles. The number of thiophene rings is 1. The van der Waals surface area contributed by atoms with Gasteiger partial charge < -0.3 is 10.5 Å². The zero-order chi connectivity index (χ0) is 13.7. The third-order valence-corrected chi connectivity index (χ3v) is 4.57. The first-order valence-electron chi connectivity index (χ1n) is 6.70. The monoisotopic (exact) mass is 278 g/mol. The molecule has 1 saturated heterocycles. The van der Waals surface area contributed by atoms with Gasteiger partial charge in [-0.25, -0.2) is 0 Å². The molecule has 1 fully saturated rings. The molecule has 1 atom stereocenters. The van der Waals surface area contributed by atoms with Crippen molar-refractivity contribution >= 4 is 11.3 Å². The van der Waals surface area contributed by atoms with Gasteiger partial charge in [-0.05, 0) is 37.8 Å². The molecular weight excluding hydrogens is 256 g/mol. The highest BCUT2D eigenvalue weighted by molar-refractivity contribution is 7.10. The topological polar surface area (TPSA) is 38.5 Å². The van der Waals surface area contributed by atoms with E-state index >= 15 is 0 Å². The lowest BCUT2D eigenvalue weighted by Gasteiger charge is -2.39. The molecule has 2 rings (SSSR count). The summed E-state index contributed by atoms with van der Waals surface area (Å²) in [5, 5.41) is 2.11. The number of nitrogens with two attached hydrogens (primary N) is 1.